The van der Waals surface area contributed by atoms with Crippen molar-refractivity contribution < 1.29 is 13.9 Å². The maximum Gasteiger partial charge on any atom is 0.336 e. The summed E-state index contributed by atoms with van der Waals surface area (Å²) in [6, 6.07) is 8.78. The van der Waals surface area contributed by atoms with Gasteiger partial charge in [0.1, 0.15) is 11.3 Å². The molecule has 1 amide bonds. The smallest absolute Gasteiger partial charge is 0.336 e. The van der Waals surface area contributed by atoms with Crippen molar-refractivity contribution in [2.75, 3.05) is 18.9 Å². The minimum absolute atomic E-state index is 0.0727. The van der Waals surface area contributed by atoms with Gasteiger partial charge < -0.3 is 14.5 Å². The number of hydrogen-bond donors (Lipinski definition) is 1. The first-order chi connectivity index (χ1) is 12.6. The fraction of sp³-hybridized carbons (Fsp3) is 0.263. The molecule has 7 heteroatoms. The molecule has 0 fully saturated rings. The molecule has 0 saturated heterocycles. The fourth-order valence-corrected chi connectivity index (χ4v) is 4.00. The van der Waals surface area contributed by atoms with E-state index in [1.807, 2.05) is 13.0 Å². The van der Waals surface area contributed by atoms with E-state index in [0.717, 1.165) is 22.5 Å². The highest BCUT2D eigenvalue weighted by Crippen LogP contribution is 2.22. The highest BCUT2D eigenvalue weighted by molar-refractivity contribution is 7.98. The molecule has 3 rings (SSSR count). The van der Waals surface area contributed by atoms with Crippen LogP contribution in [0.1, 0.15) is 11.1 Å². The topological polar surface area (TPSA) is 68.5 Å². The summed E-state index contributed by atoms with van der Waals surface area (Å²) in [7, 11) is 0. The van der Waals surface area contributed by atoms with E-state index in [2.05, 4.69) is 22.1 Å². The first-order valence-electron chi connectivity index (χ1n) is 8.14. The lowest BCUT2D eigenvalue weighted by Gasteiger charge is -2.08. The predicted octanol–water partition coefficient (Wildman–Crippen LogP) is 3.59. The Morgan fingerprint density at radius 3 is 3.00 bits per heavy atom. The van der Waals surface area contributed by atoms with Crippen molar-refractivity contribution in [1.82, 2.24) is 5.32 Å². The first kappa shape index (κ1) is 18.5. The molecule has 1 aromatic carbocycles. The quantitative estimate of drug-likeness (QED) is 0.471. The molecule has 0 radical (unpaired) electrons. The Balaban J connectivity index is 1.42. The van der Waals surface area contributed by atoms with Crippen molar-refractivity contribution in [2.24, 2.45) is 0 Å². The summed E-state index contributed by atoms with van der Waals surface area (Å²) in [5.41, 5.74) is 2.22. The van der Waals surface area contributed by atoms with Gasteiger partial charge in [-0.05, 0) is 47.0 Å². The lowest BCUT2D eigenvalue weighted by atomic mass is 10.1. The van der Waals surface area contributed by atoms with Crippen molar-refractivity contribution in [3.8, 4) is 5.75 Å². The van der Waals surface area contributed by atoms with Gasteiger partial charge in [-0.3, -0.25) is 4.79 Å². The third-order valence-electron chi connectivity index (χ3n) is 3.71. The molecule has 0 aliphatic carbocycles. The fourth-order valence-electron chi connectivity index (χ4n) is 2.42. The Labute approximate surface area is 159 Å². The molecule has 0 aliphatic heterocycles. The van der Waals surface area contributed by atoms with Crippen molar-refractivity contribution in [3.63, 3.8) is 0 Å². The summed E-state index contributed by atoms with van der Waals surface area (Å²) in [6.07, 6.45) is 0. The Morgan fingerprint density at radius 1 is 1.31 bits per heavy atom. The summed E-state index contributed by atoms with van der Waals surface area (Å²) >= 11 is 3.47. The van der Waals surface area contributed by atoms with Gasteiger partial charge >= 0.3 is 5.63 Å². The molecule has 0 unspecified atom stereocenters. The maximum atomic E-state index is 11.9. The lowest BCUT2D eigenvalue weighted by Crippen LogP contribution is -2.30. The number of nitrogens with one attached hydrogen (secondary N) is 1. The van der Waals surface area contributed by atoms with E-state index in [9.17, 15) is 9.59 Å². The van der Waals surface area contributed by atoms with Crippen LogP contribution in [0.4, 0.5) is 0 Å². The van der Waals surface area contributed by atoms with Gasteiger partial charge in [-0.1, -0.05) is 0 Å². The van der Waals surface area contributed by atoms with Gasteiger partial charge in [-0.15, -0.1) is 0 Å². The molecule has 2 aromatic heterocycles. The number of thiophene rings is 1. The molecule has 0 bridgehead atoms. The highest BCUT2D eigenvalue weighted by Gasteiger charge is 2.06. The van der Waals surface area contributed by atoms with E-state index in [1.54, 1.807) is 35.2 Å². The Kier molecular flexibility index (Phi) is 6.35. The predicted molar refractivity (Wildman–Crippen MR) is 106 cm³/mol. The van der Waals surface area contributed by atoms with Crippen molar-refractivity contribution >= 4 is 40.0 Å². The minimum atomic E-state index is -0.398. The second-order valence-corrected chi connectivity index (χ2v) is 7.61. The number of benzene rings is 1. The van der Waals surface area contributed by atoms with Crippen LogP contribution in [0.15, 0.2) is 50.3 Å². The molecule has 0 aliphatic rings. The summed E-state index contributed by atoms with van der Waals surface area (Å²) in [6.45, 7) is 2.38. The summed E-state index contributed by atoms with van der Waals surface area (Å²) < 4.78 is 10.7. The third-order valence-corrected chi connectivity index (χ3v) is 5.47. The Hall–Kier alpha value is -2.25. The second kappa shape index (κ2) is 8.91. The molecule has 136 valence electrons. The molecule has 0 atom stereocenters. The number of rotatable bonds is 8. The van der Waals surface area contributed by atoms with Gasteiger partial charge in [0.2, 0.25) is 0 Å². The lowest BCUT2D eigenvalue weighted by molar-refractivity contribution is -0.122. The zero-order chi connectivity index (χ0) is 18.4. The summed E-state index contributed by atoms with van der Waals surface area (Å²) in [4.78, 5) is 23.3. The van der Waals surface area contributed by atoms with Crippen LogP contribution in [0.5, 0.6) is 5.75 Å². The largest absolute Gasteiger partial charge is 0.484 e. The molecule has 2 heterocycles. The van der Waals surface area contributed by atoms with E-state index < -0.39 is 5.63 Å². The van der Waals surface area contributed by atoms with Gasteiger partial charge in [0, 0.05) is 35.6 Å². The zero-order valence-electron chi connectivity index (χ0n) is 14.3. The van der Waals surface area contributed by atoms with Crippen LogP contribution in [0.25, 0.3) is 11.0 Å². The zero-order valence-corrected chi connectivity index (χ0v) is 16.0. The number of carbonyl (C=O) groups is 1. The van der Waals surface area contributed by atoms with E-state index in [0.29, 0.717) is 17.9 Å². The maximum absolute atomic E-state index is 11.9. The molecule has 1 N–H and O–H groups in total. The van der Waals surface area contributed by atoms with Gasteiger partial charge in [0.05, 0.1) is 0 Å². The standard InChI is InChI=1S/C19H19NO4S2/c1-13-8-19(22)24-17-9-15(2-3-16(13)17)23-10-18(21)20-5-7-26-12-14-4-6-25-11-14/h2-4,6,8-9,11H,5,7,10,12H2,1H3,(H,20,21). The SMILES string of the molecule is Cc1cc(=O)oc2cc(OCC(=O)NCCSCc3ccsc3)ccc12. The second-order valence-electron chi connectivity index (χ2n) is 5.73. The van der Waals surface area contributed by atoms with Gasteiger partial charge in [0.15, 0.2) is 6.61 Å². The minimum Gasteiger partial charge on any atom is -0.484 e. The van der Waals surface area contributed by atoms with Crippen LogP contribution in [0.3, 0.4) is 0 Å². The number of hydrogen-bond acceptors (Lipinski definition) is 6. The third kappa shape index (κ3) is 5.12. The number of amides is 1. The number of aryl methyl sites for hydroxylation is 1. The number of fused-ring (bicyclic) bond motifs is 1. The van der Waals surface area contributed by atoms with Crippen molar-refractivity contribution in [2.45, 2.75) is 12.7 Å². The van der Waals surface area contributed by atoms with Crippen LogP contribution in [0, 0.1) is 6.92 Å². The number of thioether (sulfide) groups is 1. The van der Waals surface area contributed by atoms with E-state index in [4.69, 9.17) is 9.15 Å². The molecule has 26 heavy (non-hydrogen) atoms. The van der Waals surface area contributed by atoms with E-state index in [-0.39, 0.29) is 12.5 Å². The van der Waals surface area contributed by atoms with Crippen molar-refractivity contribution in [3.05, 3.63) is 62.6 Å². The van der Waals surface area contributed by atoms with E-state index in [1.165, 1.54) is 11.6 Å². The molecule has 0 saturated carbocycles. The van der Waals surface area contributed by atoms with Crippen LogP contribution in [0.2, 0.25) is 0 Å². The Morgan fingerprint density at radius 2 is 2.19 bits per heavy atom. The van der Waals surface area contributed by atoms with Crippen LogP contribution in [-0.4, -0.2) is 24.8 Å². The molecular formula is C19H19NO4S2. The first-order valence-corrected chi connectivity index (χ1v) is 10.2. The molecule has 5 nitrogen and oxygen atoms in total. The summed E-state index contributed by atoms with van der Waals surface area (Å²) in [5.74, 6) is 2.12. The Bertz CT molecular complexity index is 934. The average molecular weight is 389 g/mol. The molecular weight excluding hydrogens is 370 g/mol. The van der Waals surface area contributed by atoms with Crippen LogP contribution >= 0.6 is 23.1 Å². The monoisotopic (exact) mass is 389 g/mol. The van der Waals surface area contributed by atoms with Crippen LogP contribution < -0.4 is 15.7 Å². The van der Waals surface area contributed by atoms with E-state index >= 15 is 0 Å². The van der Waals surface area contributed by atoms with Crippen molar-refractivity contribution in [1.29, 1.82) is 0 Å². The highest BCUT2D eigenvalue weighted by atomic mass is 32.2. The number of ether oxygens (including phenoxy) is 1. The summed E-state index contributed by atoms with van der Waals surface area (Å²) in [5, 5.41) is 7.88. The van der Waals surface area contributed by atoms with Gasteiger partial charge in [0.25, 0.3) is 5.91 Å². The molecule has 0 spiro atoms. The van der Waals surface area contributed by atoms with Crippen LogP contribution in [-0.2, 0) is 10.5 Å². The van der Waals surface area contributed by atoms with Gasteiger partial charge in [-0.25, -0.2) is 4.79 Å². The average Bonchev–Trinajstić information content (AvgIpc) is 3.12. The molecule has 3 aromatic rings. The van der Waals surface area contributed by atoms with Gasteiger partial charge in [-0.2, -0.15) is 23.1 Å². The normalized spacial score (nSPS) is 10.8. The number of carbonyl (C=O) groups excluding carboxylic acids is 1.